The molecule has 0 aromatic carbocycles. The van der Waals surface area contributed by atoms with E-state index in [1.165, 1.54) is 32.1 Å². The van der Waals surface area contributed by atoms with Gasteiger partial charge in [0.1, 0.15) is 0 Å². The lowest BCUT2D eigenvalue weighted by Crippen LogP contribution is -2.03. The summed E-state index contributed by atoms with van der Waals surface area (Å²) >= 11 is 0. The molecule has 0 aromatic rings. The highest BCUT2D eigenvalue weighted by molar-refractivity contribution is 4.48. The van der Waals surface area contributed by atoms with Crippen molar-refractivity contribution in [3.63, 3.8) is 0 Å². The van der Waals surface area contributed by atoms with Gasteiger partial charge in [-0.25, -0.2) is 0 Å². The Morgan fingerprint density at radius 3 is 2.00 bits per heavy atom. The molecule has 1 heteroatoms. The van der Waals surface area contributed by atoms with Gasteiger partial charge in [0.05, 0.1) is 6.10 Å². The number of ether oxygens (including phenoxy) is 1. The van der Waals surface area contributed by atoms with Gasteiger partial charge in [-0.1, -0.05) is 39.5 Å². The van der Waals surface area contributed by atoms with E-state index in [9.17, 15) is 0 Å². The highest BCUT2D eigenvalue weighted by atomic mass is 16.5. The van der Waals surface area contributed by atoms with Gasteiger partial charge < -0.3 is 4.74 Å². The predicted molar refractivity (Wildman–Crippen MR) is 59.0 cm³/mol. The molecule has 0 radical (unpaired) electrons. The number of unbranched alkanes of at least 4 members (excludes halogenated alkanes) is 3. The standard InChI is InChI=1S/C12H26O/c1-11(2)9-7-5-6-8-10-13-12(3)4/h11-12H,5-10H2,1-4H3. The quantitative estimate of drug-likeness (QED) is 0.520. The molecule has 0 rings (SSSR count). The Balaban J connectivity index is 2.92. The lowest BCUT2D eigenvalue weighted by atomic mass is 10.0. The number of rotatable bonds is 8. The van der Waals surface area contributed by atoms with E-state index in [0.717, 1.165) is 12.5 Å². The van der Waals surface area contributed by atoms with Gasteiger partial charge in [0.25, 0.3) is 0 Å². The molecule has 1 nitrogen and oxygen atoms in total. The fraction of sp³-hybridized carbons (Fsp3) is 1.00. The van der Waals surface area contributed by atoms with Gasteiger partial charge in [-0.05, 0) is 26.2 Å². The van der Waals surface area contributed by atoms with Crippen LogP contribution in [0.25, 0.3) is 0 Å². The highest BCUT2D eigenvalue weighted by Crippen LogP contribution is 2.09. The summed E-state index contributed by atoms with van der Waals surface area (Å²) in [7, 11) is 0. The van der Waals surface area contributed by atoms with Gasteiger partial charge in [-0.2, -0.15) is 0 Å². The predicted octanol–water partition coefficient (Wildman–Crippen LogP) is 4.02. The molecule has 0 aromatic heterocycles. The second-order valence-corrected chi connectivity index (χ2v) is 4.52. The minimum Gasteiger partial charge on any atom is -0.379 e. The number of hydrogen-bond donors (Lipinski definition) is 0. The van der Waals surface area contributed by atoms with Crippen LogP contribution in [-0.4, -0.2) is 12.7 Å². The molecule has 0 aliphatic carbocycles. The lowest BCUT2D eigenvalue weighted by Gasteiger charge is -2.07. The fourth-order valence-corrected chi connectivity index (χ4v) is 1.33. The second kappa shape index (κ2) is 8.55. The molecular formula is C12H26O. The van der Waals surface area contributed by atoms with E-state index < -0.39 is 0 Å². The first kappa shape index (κ1) is 13.0. The van der Waals surface area contributed by atoms with Crippen molar-refractivity contribution < 1.29 is 4.74 Å². The van der Waals surface area contributed by atoms with Crippen LogP contribution >= 0.6 is 0 Å². The summed E-state index contributed by atoms with van der Waals surface area (Å²) in [6.45, 7) is 9.72. The zero-order valence-corrected chi connectivity index (χ0v) is 9.81. The summed E-state index contributed by atoms with van der Waals surface area (Å²) in [6.07, 6.45) is 7.11. The van der Waals surface area contributed by atoms with E-state index in [1.807, 2.05) is 0 Å². The first-order valence-electron chi connectivity index (χ1n) is 5.74. The average molecular weight is 186 g/mol. The topological polar surface area (TPSA) is 9.23 Å². The average Bonchev–Trinajstić information content (AvgIpc) is 2.01. The molecule has 0 heterocycles. The minimum atomic E-state index is 0.399. The van der Waals surface area contributed by atoms with Crippen molar-refractivity contribution in [2.24, 2.45) is 5.92 Å². The molecule has 0 unspecified atom stereocenters. The smallest absolute Gasteiger partial charge is 0.0518 e. The Bertz CT molecular complexity index is 85.3. The molecule has 80 valence electrons. The van der Waals surface area contributed by atoms with Crippen molar-refractivity contribution in [2.45, 2.75) is 65.9 Å². The molecule has 0 aliphatic rings. The van der Waals surface area contributed by atoms with Crippen LogP contribution in [0.3, 0.4) is 0 Å². The van der Waals surface area contributed by atoms with Crippen molar-refractivity contribution >= 4 is 0 Å². The van der Waals surface area contributed by atoms with Crippen molar-refractivity contribution in [2.75, 3.05) is 6.61 Å². The van der Waals surface area contributed by atoms with Gasteiger partial charge in [0, 0.05) is 6.61 Å². The molecule has 0 N–H and O–H groups in total. The lowest BCUT2D eigenvalue weighted by molar-refractivity contribution is 0.0756. The summed E-state index contributed by atoms with van der Waals surface area (Å²) < 4.78 is 5.47. The van der Waals surface area contributed by atoms with Crippen LogP contribution in [0.15, 0.2) is 0 Å². The summed E-state index contributed by atoms with van der Waals surface area (Å²) in [5, 5.41) is 0. The maximum atomic E-state index is 5.47. The van der Waals surface area contributed by atoms with Crippen molar-refractivity contribution in [1.29, 1.82) is 0 Å². The van der Waals surface area contributed by atoms with Crippen LogP contribution in [0.2, 0.25) is 0 Å². The van der Waals surface area contributed by atoms with Crippen LogP contribution in [0.4, 0.5) is 0 Å². The van der Waals surface area contributed by atoms with Gasteiger partial charge in [0.15, 0.2) is 0 Å². The van der Waals surface area contributed by atoms with E-state index in [0.29, 0.717) is 6.10 Å². The van der Waals surface area contributed by atoms with Crippen LogP contribution in [0, 0.1) is 5.92 Å². The summed E-state index contributed by atoms with van der Waals surface area (Å²) in [6, 6.07) is 0. The third-order valence-corrected chi connectivity index (χ3v) is 2.13. The molecule has 0 spiro atoms. The molecule has 0 saturated carbocycles. The minimum absolute atomic E-state index is 0.399. The Kier molecular flexibility index (Phi) is 8.53. The summed E-state index contributed by atoms with van der Waals surface area (Å²) in [4.78, 5) is 0. The molecular weight excluding hydrogens is 160 g/mol. The van der Waals surface area contributed by atoms with E-state index in [1.54, 1.807) is 0 Å². The van der Waals surface area contributed by atoms with Crippen LogP contribution in [0.5, 0.6) is 0 Å². The van der Waals surface area contributed by atoms with E-state index in [-0.39, 0.29) is 0 Å². The first-order chi connectivity index (χ1) is 6.13. The molecule has 0 saturated heterocycles. The third-order valence-electron chi connectivity index (χ3n) is 2.13. The Morgan fingerprint density at radius 2 is 1.46 bits per heavy atom. The van der Waals surface area contributed by atoms with Gasteiger partial charge in [-0.15, -0.1) is 0 Å². The second-order valence-electron chi connectivity index (χ2n) is 4.52. The fourth-order valence-electron chi connectivity index (χ4n) is 1.33. The molecule has 0 fully saturated rings. The Labute approximate surface area is 83.9 Å². The van der Waals surface area contributed by atoms with Crippen LogP contribution < -0.4 is 0 Å². The highest BCUT2D eigenvalue weighted by Gasteiger charge is 1.95. The zero-order chi connectivity index (χ0) is 10.1. The maximum Gasteiger partial charge on any atom is 0.0518 e. The zero-order valence-electron chi connectivity index (χ0n) is 9.81. The van der Waals surface area contributed by atoms with Crippen molar-refractivity contribution in [1.82, 2.24) is 0 Å². The number of hydrogen-bond acceptors (Lipinski definition) is 1. The molecule has 13 heavy (non-hydrogen) atoms. The SMILES string of the molecule is CC(C)CCCCCCOC(C)C. The van der Waals surface area contributed by atoms with Crippen LogP contribution in [-0.2, 0) is 4.74 Å². The maximum absolute atomic E-state index is 5.47. The third kappa shape index (κ3) is 12.0. The largest absolute Gasteiger partial charge is 0.379 e. The molecule has 0 aliphatic heterocycles. The van der Waals surface area contributed by atoms with Crippen molar-refractivity contribution in [3.8, 4) is 0 Å². The van der Waals surface area contributed by atoms with Crippen LogP contribution in [0.1, 0.15) is 59.8 Å². The van der Waals surface area contributed by atoms with Gasteiger partial charge in [-0.3, -0.25) is 0 Å². The Hall–Kier alpha value is -0.0400. The normalized spacial score (nSPS) is 11.5. The molecule has 0 amide bonds. The van der Waals surface area contributed by atoms with Gasteiger partial charge >= 0.3 is 0 Å². The van der Waals surface area contributed by atoms with E-state index in [2.05, 4.69) is 27.7 Å². The van der Waals surface area contributed by atoms with E-state index in [4.69, 9.17) is 4.74 Å². The summed E-state index contributed by atoms with van der Waals surface area (Å²) in [5.41, 5.74) is 0. The van der Waals surface area contributed by atoms with Crippen molar-refractivity contribution in [3.05, 3.63) is 0 Å². The van der Waals surface area contributed by atoms with E-state index >= 15 is 0 Å². The molecule has 0 bridgehead atoms. The molecule has 0 atom stereocenters. The van der Waals surface area contributed by atoms with Gasteiger partial charge in [0.2, 0.25) is 0 Å². The summed E-state index contributed by atoms with van der Waals surface area (Å²) in [5.74, 6) is 0.868. The monoisotopic (exact) mass is 186 g/mol. The Morgan fingerprint density at radius 1 is 0.846 bits per heavy atom. The first-order valence-corrected chi connectivity index (χ1v) is 5.74.